The van der Waals surface area contributed by atoms with E-state index in [0.29, 0.717) is 48.6 Å². The molecule has 24 nitrogen and oxygen atoms in total. The van der Waals surface area contributed by atoms with Gasteiger partial charge in [0, 0.05) is 144 Å². The Balaban J connectivity index is 0.000000681. The summed E-state index contributed by atoms with van der Waals surface area (Å²) in [5, 5.41) is 39.8. The third-order valence-corrected chi connectivity index (χ3v) is 12.7. The van der Waals surface area contributed by atoms with Gasteiger partial charge in [0.1, 0.15) is 23.0 Å². The molecule has 4 heterocycles. The standard InChI is InChI=1S/C27H33N7O4.C21H17FN4O3.C8H19NO.CH4NP.CH2O3.2K.H/c1-31(14-15-37-4)12-13-32(2)24-17-26(38-5)22(16-25(24)34(35)36)30-27-28-11-10-21(29-27)20-18-33(3)23-9-7-6-8-19(20)23;1-25-12-14(13-6-3-4-8-18(13)25)16-7-5-9-21(23-16)24-17-11-19(26(27)28)15(22)10-20(17)29-2;1-4-5-6-9(2)7-8-10-3;1-2-3;2-1-4-3;;;/h6-11,16-18H,12-15H2,1-5H3,(H,28,29,30);3-12H,1-2H3,(H,23,24);4-8H2,1-3H3;3H,1H3;1,3H;;;/q;;;;;2*+1;-1/p-1. The molecular formula is C58H75FK2N13O11P. The number of para-hydroxylation sites is 2. The minimum absolute atomic E-state index is 0. The molecule has 0 atom stereocenters. The molecule has 0 bridgehead atoms. The van der Waals surface area contributed by atoms with Crippen LogP contribution in [0.1, 0.15) is 21.2 Å². The number of ether oxygens (including phenoxy) is 4. The number of benzene rings is 4. The molecule has 0 amide bonds. The van der Waals surface area contributed by atoms with E-state index in [1.165, 1.54) is 39.7 Å². The fourth-order valence-corrected chi connectivity index (χ4v) is 8.39. The number of aryl methyl sites for hydroxylation is 2. The van der Waals surface area contributed by atoms with E-state index < -0.39 is 21.4 Å². The van der Waals surface area contributed by atoms with Gasteiger partial charge in [-0.15, -0.1) is 0 Å². The summed E-state index contributed by atoms with van der Waals surface area (Å²) in [6.07, 6.45) is 8.26. The number of fused-ring (bicyclic) bond motifs is 2. The number of carbonyl (C=O) groups is 1. The van der Waals surface area contributed by atoms with Crippen LogP contribution >= 0.6 is 9.03 Å². The number of methoxy groups -OCH3 is 4. The van der Waals surface area contributed by atoms with E-state index in [4.69, 9.17) is 34.0 Å². The Labute approximate surface area is 589 Å². The predicted molar refractivity (Wildman–Crippen MR) is 328 cm³/mol. The van der Waals surface area contributed by atoms with Crippen molar-refractivity contribution in [2.45, 2.75) is 19.8 Å². The molecule has 2 N–H and O–H groups in total. The minimum Gasteiger partial charge on any atom is -1.00 e. The van der Waals surface area contributed by atoms with Crippen LogP contribution < -0.4 is 133 Å². The molecule has 0 aliphatic rings. The van der Waals surface area contributed by atoms with Gasteiger partial charge >= 0.3 is 108 Å². The first kappa shape index (κ1) is 76.7. The van der Waals surface area contributed by atoms with Crippen molar-refractivity contribution in [2.24, 2.45) is 18.8 Å². The van der Waals surface area contributed by atoms with Gasteiger partial charge in [0.2, 0.25) is 11.8 Å². The van der Waals surface area contributed by atoms with Gasteiger partial charge in [0.05, 0.1) is 60.0 Å². The molecule has 8 rings (SSSR count). The Hall–Kier alpha value is -5.44. The topological polar surface area (TPSA) is 267 Å². The fraction of sp³-hybridized carbons (Fsp3) is 0.345. The Morgan fingerprint density at radius 3 is 1.72 bits per heavy atom. The van der Waals surface area contributed by atoms with E-state index in [1.807, 2.05) is 105 Å². The van der Waals surface area contributed by atoms with Gasteiger partial charge in [-0.2, -0.15) is 4.39 Å². The fourth-order valence-electron chi connectivity index (χ4n) is 8.39. The van der Waals surface area contributed by atoms with Crippen LogP contribution in [0.25, 0.3) is 44.3 Å². The number of nitro groups is 2. The Bertz CT molecular complexity index is 3400. The molecule has 0 unspecified atom stereocenters. The molecule has 86 heavy (non-hydrogen) atoms. The van der Waals surface area contributed by atoms with Crippen LogP contribution in [0, 0.1) is 26.0 Å². The van der Waals surface area contributed by atoms with Crippen LogP contribution in [-0.4, -0.2) is 153 Å². The van der Waals surface area contributed by atoms with Crippen LogP contribution in [0.15, 0.2) is 120 Å². The predicted octanol–water partition coefficient (Wildman–Crippen LogP) is 4.21. The van der Waals surface area contributed by atoms with Crippen LogP contribution in [-0.2, 0) is 33.3 Å². The number of aromatic nitrogens is 5. The molecule has 0 spiro atoms. The average molecular weight is 1260 g/mol. The number of nitrogens with zero attached hydrogens (tertiary/aromatic N) is 11. The van der Waals surface area contributed by atoms with Crippen LogP contribution in [0.5, 0.6) is 11.5 Å². The maximum Gasteiger partial charge on any atom is 1.00 e. The average Bonchev–Trinajstić information content (AvgIpc) is 2.93. The molecule has 452 valence electrons. The number of halogens is 1. The third kappa shape index (κ3) is 23.3. The molecular weight excluding hydrogens is 1180 g/mol. The summed E-state index contributed by atoms with van der Waals surface area (Å²) in [6, 6.07) is 28.6. The molecule has 0 saturated heterocycles. The molecule has 4 aromatic heterocycles. The van der Waals surface area contributed by atoms with Crippen molar-refractivity contribution in [3.63, 3.8) is 0 Å². The molecule has 0 aliphatic heterocycles. The molecule has 0 aliphatic carbocycles. The SMILES string of the molecule is CCCCN(C)CCOC.CN=P.COCCN(C)CCN(C)c1cc(OC)c(Nc2nccc(-c3cn(C)c4ccccc34)n2)cc1[N+](=O)[O-].COc1cc(F)c([N+](=O)[O-])cc1Nc1cccc(-c2cn(C)c3ccccc23)n1.O=CO[O-].[H-].[K+].[K+]. The van der Waals surface area contributed by atoms with Gasteiger partial charge in [0.15, 0.2) is 0 Å². The van der Waals surface area contributed by atoms with Crippen LogP contribution in [0.4, 0.5) is 44.6 Å². The van der Waals surface area contributed by atoms with Crippen molar-refractivity contribution in [2.75, 3.05) is 118 Å². The molecule has 0 fully saturated rings. The van der Waals surface area contributed by atoms with E-state index >= 15 is 0 Å². The Morgan fingerprint density at radius 1 is 0.709 bits per heavy atom. The quantitative estimate of drug-likeness (QED) is 0.0214. The maximum atomic E-state index is 13.9. The normalized spacial score (nSPS) is 10.3. The second-order valence-electron chi connectivity index (χ2n) is 18.6. The number of carbonyl (C=O) groups excluding carboxylic acids is 1. The smallest absolute Gasteiger partial charge is 1.00 e. The summed E-state index contributed by atoms with van der Waals surface area (Å²) < 4.78 is 42.1. The number of anilines is 5. The second kappa shape index (κ2) is 40.9. The first-order chi connectivity index (χ1) is 40.4. The van der Waals surface area contributed by atoms with E-state index in [0.717, 1.165) is 76.1 Å². The zero-order valence-electron chi connectivity index (χ0n) is 52.2. The van der Waals surface area contributed by atoms with Gasteiger partial charge < -0.3 is 65.0 Å². The number of pyridine rings is 1. The minimum atomic E-state index is -0.963. The van der Waals surface area contributed by atoms with Gasteiger partial charge in [0.25, 0.3) is 12.2 Å². The number of hydrogen-bond acceptors (Lipinski definition) is 20. The number of unbranched alkanes of at least 4 members (excludes halogenated alkanes) is 1. The third-order valence-electron chi connectivity index (χ3n) is 12.7. The van der Waals surface area contributed by atoms with Crippen molar-refractivity contribution in [1.29, 1.82) is 0 Å². The first-order valence-electron chi connectivity index (χ1n) is 26.3. The number of likely N-dealkylation sites (N-methyl/N-ethyl adjacent to an activating group) is 3. The van der Waals surface area contributed by atoms with Crippen molar-refractivity contribution >= 4 is 77.5 Å². The summed E-state index contributed by atoms with van der Waals surface area (Å²) >= 11 is 0. The molecule has 0 radical (unpaired) electrons. The Kier molecular flexibility index (Phi) is 36.5. The largest absolute Gasteiger partial charge is 1.00 e. The maximum absolute atomic E-state index is 13.9. The zero-order valence-corrected chi connectivity index (χ0v) is 58.4. The van der Waals surface area contributed by atoms with E-state index in [1.54, 1.807) is 39.6 Å². The number of nitrogens with one attached hydrogen (secondary N) is 2. The van der Waals surface area contributed by atoms with E-state index in [2.05, 4.69) is 79.7 Å². The monoisotopic (exact) mass is 1260 g/mol. The summed E-state index contributed by atoms with van der Waals surface area (Å²) in [6.45, 7) is 7.83. The van der Waals surface area contributed by atoms with Gasteiger partial charge in [-0.1, -0.05) is 55.8 Å². The van der Waals surface area contributed by atoms with Crippen molar-refractivity contribution in [3.8, 4) is 34.0 Å². The zero-order chi connectivity index (χ0) is 61.7. The Morgan fingerprint density at radius 2 is 1.21 bits per heavy atom. The van der Waals surface area contributed by atoms with E-state index in [9.17, 15) is 24.6 Å². The molecule has 8 aromatic rings. The number of hydrogen-bond donors (Lipinski definition) is 2. The van der Waals surface area contributed by atoms with Crippen molar-refractivity contribution < 1.29 is 152 Å². The summed E-state index contributed by atoms with van der Waals surface area (Å²) in [5.41, 5.74) is 6.02. The molecule has 4 aromatic carbocycles. The molecule has 0 saturated carbocycles. The molecule has 28 heteroatoms. The van der Waals surface area contributed by atoms with Gasteiger partial charge in [-0.25, -0.2) is 15.0 Å². The van der Waals surface area contributed by atoms with Crippen LogP contribution in [0.2, 0.25) is 0 Å². The summed E-state index contributed by atoms with van der Waals surface area (Å²) in [7, 11) is 20.7. The van der Waals surface area contributed by atoms with Crippen molar-refractivity contribution in [1.82, 2.24) is 33.9 Å². The van der Waals surface area contributed by atoms with Crippen LogP contribution in [0.3, 0.4) is 0 Å². The first-order valence-corrected chi connectivity index (χ1v) is 26.7. The summed E-state index contributed by atoms with van der Waals surface area (Å²) in [5.74, 6) is 0.392. The van der Waals surface area contributed by atoms with Gasteiger partial charge in [-0.3, -0.25) is 29.8 Å². The second-order valence-corrected chi connectivity index (χ2v) is 19.1. The summed E-state index contributed by atoms with van der Waals surface area (Å²) in [4.78, 5) is 53.1. The van der Waals surface area contributed by atoms with E-state index in [-0.39, 0.29) is 128 Å². The number of nitro benzene ring substituents is 2. The van der Waals surface area contributed by atoms with Crippen molar-refractivity contribution in [3.05, 3.63) is 142 Å². The van der Waals surface area contributed by atoms with Gasteiger partial charge in [-0.05, 0) is 66.4 Å². The number of rotatable bonds is 24.